The third kappa shape index (κ3) is 4.79. The average Bonchev–Trinajstić information content (AvgIpc) is 2.55. The van der Waals surface area contributed by atoms with Gasteiger partial charge in [0.2, 0.25) is 0 Å². The zero-order valence-electron chi connectivity index (χ0n) is 13.8. The van der Waals surface area contributed by atoms with E-state index in [1.807, 2.05) is 32.2 Å². The molecule has 1 heterocycles. The predicted molar refractivity (Wildman–Crippen MR) is 98.3 cm³/mol. The first-order valence-electron chi connectivity index (χ1n) is 7.76. The molecule has 0 unspecified atom stereocenters. The Kier molecular flexibility index (Phi) is 6.16. The molecule has 1 aromatic heterocycles. The van der Waals surface area contributed by atoms with Crippen LogP contribution in [0.15, 0.2) is 41.0 Å². The maximum atomic E-state index is 12.2. The summed E-state index contributed by atoms with van der Waals surface area (Å²) in [5, 5.41) is 3.29. The molecular weight excluding hydrogens is 354 g/mol. The highest BCUT2D eigenvalue weighted by molar-refractivity contribution is 9.10. The Bertz CT molecular complexity index is 670. The van der Waals surface area contributed by atoms with E-state index in [4.69, 9.17) is 0 Å². The minimum Gasteiger partial charge on any atom is -0.353 e. The second-order valence-corrected chi connectivity index (χ2v) is 6.48. The molecule has 1 N–H and O–H groups in total. The first kappa shape index (κ1) is 17.5. The Morgan fingerprint density at radius 2 is 2.09 bits per heavy atom. The Labute approximate surface area is 146 Å². The van der Waals surface area contributed by atoms with Crippen molar-refractivity contribution in [3.8, 4) is 0 Å². The normalized spacial score (nSPS) is 10.4. The van der Waals surface area contributed by atoms with Gasteiger partial charge in [0.25, 0.3) is 5.91 Å². The maximum absolute atomic E-state index is 12.2. The van der Waals surface area contributed by atoms with Crippen molar-refractivity contribution in [2.24, 2.45) is 0 Å². The van der Waals surface area contributed by atoms with Gasteiger partial charge in [-0.3, -0.25) is 4.79 Å². The van der Waals surface area contributed by atoms with Crippen molar-refractivity contribution >= 4 is 33.2 Å². The fourth-order valence-corrected chi connectivity index (χ4v) is 2.76. The lowest BCUT2D eigenvalue weighted by Crippen LogP contribution is -2.28. The first-order chi connectivity index (χ1) is 11.0. The van der Waals surface area contributed by atoms with E-state index in [9.17, 15) is 4.79 Å². The molecule has 0 fully saturated rings. The number of pyridine rings is 1. The second kappa shape index (κ2) is 8.11. The van der Waals surface area contributed by atoms with Gasteiger partial charge in [0.05, 0.1) is 17.6 Å². The topological polar surface area (TPSA) is 45.2 Å². The molecule has 0 aliphatic heterocycles. The summed E-state index contributed by atoms with van der Waals surface area (Å²) in [6, 6.07) is 9.74. The largest absolute Gasteiger partial charge is 0.353 e. The van der Waals surface area contributed by atoms with Crippen LogP contribution >= 0.6 is 15.9 Å². The molecule has 0 spiro atoms. The number of unbranched alkanes of at least 4 members (excludes halogenated alkanes) is 1. The molecule has 1 aromatic carbocycles. The highest BCUT2D eigenvalue weighted by Gasteiger charge is 2.12. The van der Waals surface area contributed by atoms with Crippen LogP contribution in [0.3, 0.4) is 0 Å². The standard InChI is InChI=1S/C18H22BrN3O/c1-4-5-10-22(3)18(23)17-9-7-14(12-20-17)21-16-8-6-13(2)11-15(16)19/h6-9,11-12,21H,4-5,10H2,1-3H3. The van der Waals surface area contributed by atoms with Gasteiger partial charge < -0.3 is 10.2 Å². The van der Waals surface area contributed by atoms with Gasteiger partial charge in [0.15, 0.2) is 0 Å². The molecule has 5 heteroatoms. The quantitative estimate of drug-likeness (QED) is 0.790. The third-order valence-electron chi connectivity index (χ3n) is 3.58. The van der Waals surface area contributed by atoms with E-state index in [1.165, 1.54) is 5.56 Å². The van der Waals surface area contributed by atoms with E-state index in [0.717, 1.165) is 35.2 Å². The van der Waals surface area contributed by atoms with Gasteiger partial charge in [-0.2, -0.15) is 0 Å². The molecule has 0 aliphatic rings. The molecule has 0 saturated carbocycles. The summed E-state index contributed by atoms with van der Waals surface area (Å²) in [6.07, 6.45) is 3.76. The van der Waals surface area contributed by atoms with E-state index >= 15 is 0 Å². The van der Waals surface area contributed by atoms with Crippen LogP contribution < -0.4 is 5.32 Å². The lowest BCUT2D eigenvalue weighted by atomic mass is 10.2. The number of nitrogens with zero attached hydrogens (tertiary/aromatic N) is 2. The molecule has 1 amide bonds. The van der Waals surface area contributed by atoms with Crippen molar-refractivity contribution in [1.29, 1.82) is 0 Å². The number of nitrogens with one attached hydrogen (secondary N) is 1. The number of hydrogen-bond donors (Lipinski definition) is 1. The van der Waals surface area contributed by atoms with Crippen molar-refractivity contribution in [3.05, 3.63) is 52.3 Å². The van der Waals surface area contributed by atoms with Crippen LogP contribution in [0.2, 0.25) is 0 Å². The monoisotopic (exact) mass is 375 g/mol. The van der Waals surface area contributed by atoms with Crippen LogP contribution in [0.4, 0.5) is 11.4 Å². The maximum Gasteiger partial charge on any atom is 0.272 e. The van der Waals surface area contributed by atoms with Gasteiger partial charge in [0.1, 0.15) is 5.69 Å². The lowest BCUT2D eigenvalue weighted by molar-refractivity contribution is 0.0787. The van der Waals surface area contributed by atoms with Gasteiger partial charge in [-0.15, -0.1) is 0 Å². The second-order valence-electron chi connectivity index (χ2n) is 5.62. The molecule has 0 radical (unpaired) electrons. The number of carbonyl (C=O) groups is 1. The average molecular weight is 376 g/mol. The molecule has 122 valence electrons. The van der Waals surface area contributed by atoms with Crippen LogP contribution in [0, 0.1) is 6.92 Å². The van der Waals surface area contributed by atoms with Crippen LogP contribution in [0.25, 0.3) is 0 Å². The fourth-order valence-electron chi connectivity index (χ4n) is 2.16. The first-order valence-corrected chi connectivity index (χ1v) is 8.55. The van der Waals surface area contributed by atoms with E-state index in [2.05, 4.69) is 39.2 Å². The summed E-state index contributed by atoms with van der Waals surface area (Å²) in [5.74, 6) is -0.0403. The van der Waals surface area contributed by atoms with E-state index in [-0.39, 0.29) is 5.91 Å². The molecule has 2 rings (SSSR count). The number of carbonyl (C=O) groups excluding carboxylic acids is 1. The van der Waals surface area contributed by atoms with Crippen LogP contribution in [0.1, 0.15) is 35.8 Å². The minimum atomic E-state index is -0.0403. The van der Waals surface area contributed by atoms with Crippen molar-refractivity contribution in [1.82, 2.24) is 9.88 Å². The summed E-state index contributed by atoms with van der Waals surface area (Å²) in [6.45, 7) is 4.92. The van der Waals surface area contributed by atoms with E-state index in [1.54, 1.807) is 17.2 Å². The van der Waals surface area contributed by atoms with Gasteiger partial charge in [-0.05, 0) is 59.1 Å². The fraction of sp³-hybridized carbons (Fsp3) is 0.333. The molecule has 23 heavy (non-hydrogen) atoms. The number of halogens is 1. The third-order valence-corrected chi connectivity index (χ3v) is 4.24. The van der Waals surface area contributed by atoms with Gasteiger partial charge in [-0.25, -0.2) is 4.98 Å². The van der Waals surface area contributed by atoms with Crippen molar-refractivity contribution in [2.45, 2.75) is 26.7 Å². The molecule has 4 nitrogen and oxygen atoms in total. The molecule has 0 bridgehead atoms. The SMILES string of the molecule is CCCCN(C)C(=O)c1ccc(Nc2ccc(C)cc2Br)cn1. The smallest absolute Gasteiger partial charge is 0.272 e. The van der Waals surface area contributed by atoms with Crippen molar-refractivity contribution < 1.29 is 4.79 Å². The summed E-state index contributed by atoms with van der Waals surface area (Å²) in [4.78, 5) is 18.2. The summed E-state index contributed by atoms with van der Waals surface area (Å²) < 4.78 is 0.997. The highest BCUT2D eigenvalue weighted by Crippen LogP contribution is 2.26. The zero-order chi connectivity index (χ0) is 16.8. The lowest BCUT2D eigenvalue weighted by Gasteiger charge is -2.16. The minimum absolute atomic E-state index is 0.0403. The Balaban J connectivity index is 2.05. The zero-order valence-corrected chi connectivity index (χ0v) is 15.4. The van der Waals surface area contributed by atoms with E-state index in [0.29, 0.717) is 5.69 Å². The summed E-state index contributed by atoms with van der Waals surface area (Å²) in [5.41, 5.74) is 3.48. The number of amides is 1. The highest BCUT2D eigenvalue weighted by atomic mass is 79.9. The van der Waals surface area contributed by atoms with Crippen LogP contribution in [-0.4, -0.2) is 29.4 Å². The van der Waals surface area contributed by atoms with Crippen molar-refractivity contribution in [2.75, 3.05) is 18.9 Å². The van der Waals surface area contributed by atoms with Crippen LogP contribution in [-0.2, 0) is 0 Å². The Morgan fingerprint density at radius 3 is 2.70 bits per heavy atom. The number of aromatic nitrogens is 1. The van der Waals surface area contributed by atoms with Crippen LogP contribution in [0.5, 0.6) is 0 Å². The summed E-state index contributed by atoms with van der Waals surface area (Å²) in [7, 11) is 1.81. The molecule has 0 aliphatic carbocycles. The molecule has 0 saturated heterocycles. The number of benzene rings is 1. The van der Waals surface area contributed by atoms with Gasteiger partial charge in [0, 0.05) is 18.1 Å². The predicted octanol–water partition coefficient (Wildman–Crippen LogP) is 4.77. The van der Waals surface area contributed by atoms with E-state index < -0.39 is 0 Å². The Morgan fingerprint density at radius 1 is 1.30 bits per heavy atom. The molecule has 0 atom stereocenters. The summed E-state index contributed by atoms with van der Waals surface area (Å²) >= 11 is 3.54. The molecule has 2 aromatic rings. The van der Waals surface area contributed by atoms with Crippen molar-refractivity contribution in [3.63, 3.8) is 0 Å². The molecular formula is C18H22BrN3O. The van der Waals surface area contributed by atoms with Gasteiger partial charge in [-0.1, -0.05) is 19.4 Å². The number of anilines is 2. The Hall–Kier alpha value is -1.88. The number of hydrogen-bond acceptors (Lipinski definition) is 3. The number of aryl methyl sites for hydroxylation is 1. The van der Waals surface area contributed by atoms with Gasteiger partial charge >= 0.3 is 0 Å². The number of rotatable bonds is 6.